The van der Waals surface area contributed by atoms with Gasteiger partial charge in [0.25, 0.3) is 11.8 Å². The van der Waals surface area contributed by atoms with Gasteiger partial charge in [-0.25, -0.2) is 14.6 Å². The van der Waals surface area contributed by atoms with Gasteiger partial charge in [-0.05, 0) is 50.6 Å². The van der Waals surface area contributed by atoms with Crippen molar-refractivity contribution in [3.8, 4) is 23.1 Å². The van der Waals surface area contributed by atoms with E-state index in [1.165, 1.54) is 4.68 Å². The minimum Gasteiger partial charge on any atom is -0.364 e. The zero-order valence-electron chi connectivity index (χ0n) is 19.3. The number of piperidine rings is 1. The standard InChI is InChI=1S/C25H26BrN7O2/c1-2-3-13-32-14-5-4-6-19(32)24-31-21(22(23(27)34)33(24)28)16-7-9-17(10-8-16)25(35)30-20-15-18(26)11-12-29-20/h7-12,15,19H,4-6,13-14,28H2,1H3,(H2,27,34)(H,29,30,35). The van der Waals surface area contributed by atoms with Crippen LogP contribution in [0.4, 0.5) is 5.82 Å². The molecule has 1 aliphatic heterocycles. The lowest BCUT2D eigenvalue weighted by Crippen LogP contribution is -2.37. The monoisotopic (exact) mass is 535 g/mol. The number of rotatable bonds is 6. The summed E-state index contributed by atoms with van der Waals surface area (Å²) < 4.78 is 2.11. The highest BCUT2D eigenvalue weighted by Gasteiger charge is 2.31. The Morgan fingerprint density at radius 3 is 2.69 bits per heavy atom. The van der Waals surface area contributed by atoms with Gasteiger partial charge in [0, 0.05) is 21.8 Å². The largest absolute Gasteiger partial charge is 0.364 e. The number of anilines is 1. The number of nitrogens with one attached hydrogen (secondary N) is 1. The zero-order chi connectivity index (χ0) is 24.9. The molecule has 5 N–H and O–H groups in total. The second kappa shape index (κ2) is 10.7. The highest BCUT2D eigenvalue weighted by atomic mass is 79.9. The summed E-state index contributed by atoms with van der Waals surface area (Å²) in [7, 11) is 0. The summed E-state index contributed by atoms with van der Waals surface area (Å²) >= 11 is 3.36. The number of carbonyl (C=O) groups excluding carboxylic acids is 2. The summed E-state index contributed by atoms with van der Waals surface area (Å²) in [6, 6.07) is 10.2. The number of pyridine rings is 1. The van der Waals surface area contributed by atoms with Crippen molar-refractivity contribution < 1.29 is 9.59 Å². The summed E-state index contributed by atoms with van der Waals surface area (Å²) in [4.78, 5) is 36.1. The van der Waals surface area contributed by atoms with Crippen LogP contribution in [0.25, 0.3) is 11.3 Å². The predicted octanol–water partition coefficient (Wildman–Crippen LogP) is 3.32. The fraction of sp³-hybridized carbons (Fsp3) is 0.280. The van der Waals surface area contributed by atoms with Gasteiger partial charge < -0.3 is 16.9 Å². The van der Waals surface area contributed by atoms with Crippen molar-refractivity contribution in [2.75, 3.05) is 24.2 Å². The van der Waals surface area contributed by atoms with E-state index in [9.17, 15) is 9.59 Å². The van der Waals surface area contributed by atoms with E-state index in [0.717, 1.165) is 30.3 Å². The van der Waals surface area contributed by atoms with E-state index in [1.54, 1.807) is 42.6 Å². The van der Waals surface area contributed by atoms with Crippen LogP contribution in [0.3, 0.4) is 0 Å². The van der Waals surface area contributed by atoms with Gasteiger partial charge >= 0.3 is 0 Å². The molecule has 4 rings (SSSR count). The smallest absolute Gasteiger partial charge is 0.269 e. The van der Waals surface area contributed by atoms with Crippen molar-refractivity contribution in [3.05, 3.63) is 64.1 Å². The van der Waals surface area contributed by atoms with Crippen LogP contribution in [0.2, 0.25) is 0 Å². The van der Waals surface area contributed by atoms with E-state index in [-0.39, 0.29) is 17.6 Å². The molecule has 1 unspecified atom stereocenters. The van der Waals surface area contributed by atoms with Crippen LogP contribution in [0, 0.1) is 11.8 Å². The topological polar surface area (TPSA) is 132 Å². The van der Waals surface area contributed by atoms with Crippen molar-refractivity contribution in [1.29, 1.82) is 0 Å². The van der Waals surface area contributed by atoms with Crippen LogP contribution in [0.5, 0.6) is 0 Å². The molecule has 180 valence electrons. The molecule has 1 aromatic carbocycles. The molecule has 35 heavy (non-hydrogen) atoms. The van der Waals surface area contributed by atoms with E-state index in [4.69, 9.17) is 16.6 Å². The third-order valence-electron chi connectivity index (χ3n) is 5.93. The van der Waals surface area contributed by atoms with Gasteiger partial charge in [-0.3, -0.25) is 14.5 Å². The maximum Gasteiger partial charge on any atom is 0.269 e. The Morgan fingerprint density at radius 2 is 2.00 bits per heavy atom. The van der Waals surface area contributed by atoms with Gasteiger partial charge in [0.05, 0.1) is 12.6 Å². The molecule has 2 aromatic heterocycles. The number of aromatic nitrogens is 3. The summed E-state index contributed by atoms with van der Waals surface area (Å²) in [6.07, 6.45) is 4.56. The molecular weight excluding hydrogens is 510 g/mol. The Kier molecular flexibility index (Phi) is 7.48. The van der Waals surface area contributed by atoms with Crippen LogP contribution >= 0.6 is 15.9 Å². The van der Waals surface area contributed by atoms with Crippen molar-refractivity contribution in [1.82, 2.24) is 19.5 Å². The number of nitrogens with two attached hydrogens (primary N) is 2. The molecule has 0 saturated carbocycles. The number of primary amides is 1. The second-order valence-electron chi connectivity index (χ2n) is 8.20. The lowest BCUT2D eigenvalue weighted by molar-refractivity contribution is 0.0990. The van der Waals surface area contributed by atoms with Crippen molar-refractivity contribution in [2.24, 2.45) is 5.73 Å². The number of hydrogen-bond donors (Lipinski definition) is 3. The van der Waals surface area contributed by atoms with Crippen molar-refractivity contribution in [2.45, 2.75) is 32.2 Å². The average Bonchev–Trinajstić information content (AvgIpc) is 3.20. The highest BCUT2D eigenvalue weighted by Crippen LogP contribution is 2.33. The first-order chi connectivity index (χ1) is 16.9. The van der Waals surface area contributed by atoms with Crippen LogP contribution in [-0.2, 0) is 0 Å². The van der Waals surface area contributed by atoms with Crippen LogP contribution in [0.15, 0.2) is 47.1 Å². The number of hydrogen-bond acceptors (Lipinski definition) is 6. The second-order valence-corrected chi connectivity index (χ2v) is 9.12. The Labute approximate surface area is 212 Å². The van der Waals surface area contributed by atoms with Gasteiger partial charge in [-0.1, -0.05) is 40.4 Å². The van der Waals surface area contributed by atoms with Crippen molar-refractivity contribution >= 4 is 33.6 Å². The van der Waals surface area contributed by atoms with E-state index < -0.39 is 5.91 Å². The number of carbonyl (C=O) groups is 2. The molecule has 1 aliphatic rings. The number of nitrogens with zero attached hydrogens (tertiary/aromatic N) is 4. The first-order valence-corrected chi connectivity index (χ1v) is 12.0. The molecule has 9 nitrogen and oxygen atoms in total. The number of amides is 2. The van der Waals surface area contributed by atoms with Crippen LogP contribution < -0.4 is 16.9 Å². The summed E-state index contributed by atoms with van der Waals surface area (Å²) in [6.45, 7) is 3.29. The Bertz CT molecular complexity index is 1310. The van der Waals surface area contributed by atoms with Gasteiger partial charge in [0.2, 0.25) is 0 Å². The lowest BCUT2D eigenvalue weighted by atomic mass is 10.0. The molecule has 0 radical (unpaired) electrons. The minimum absolute atomic E-state index is 0.0656. The third kappa shape index (κ3) is 5.37. The summed E-state index contributed by atoms with van der Waals surface area (Å²) in [5, 5.41) is 2.76. The Balaban J connectivity index is 1.63. The number of benzene rings is 1. The molecule has 3 heterocycles. The Hall–Kier alpha value is -3.68. The molecular formula is C25H26BrN7O2. The van der Waals surface area contributed by atoms with E-state index in [0.29, 0.717) is 35.0 Å². The van der Waals surface area contributed by atoms with Crippen LogP contribution in [0.1, 0.15) is 58.9 Å². The van der Waals surface area contributed by atoms with E-state index in [2.05, 4.69) is 43.0 Å². The molecule has 1 atom stereocenters. The fourth-order valence-corrected chi connectivity index (χ4v) is 4.55. The van der Waals surface area contributed by atoms with Gasteiger partial charge in [0.15, 0.2) is 5.69 Å². The quantitative estimate of drug-likeness (QED) is 0.327. The van der Waals surface area contributed by atoms with E-state index >= 15 is 0 Å². The van der Waals surface area contributed by atoms with Gasteiger partial charge in [0.1, 0.15) is 17.3 Å². The normalized spacial score (nSPS) is 15.8. The molecule has 0 aliphatic carbocycles. The molecule has 2 amide bonds. The van der Waals surface area contributed by atoms with Crippen LogP contribution in [-0.4, -0.2) is 44.4 Å². The molecule has 1 fully saturated rings. The molecule has 0 spiro atoms. The number of likely N-dealkylation sites (tertiary alicyclic amines) is 1. The number of imidazole rings is 1. The Morgan fingerprint density at radius 1 is 1.23 bits per heavy atom. The predicted molar refractivity (Wildman–Crippen MR) is 138 cm³/mol. The summed E-state index contributed by atoms with van der Waals surface area (Å²) in [5.74, 6) is 12.4. The maximum absolute atomic E-state index is 12.6. The average molecular weight is 536 g/mol. The SMILES string of the molecule is CC#CCN1CCCCC1c1nc(-c2ccc(C(=O)Nc3cc(Br)ccn3)cc2)c(C(N)=O)n1N. The molecule has 1 saturated heterocycles. The molecule has 10 heteroatoms. The third-order valence-corrected chi connectivity index (χ3v) is 6.42. The fourth-order valence-electron chi connectivity index (χ4n) is 4.22. The lowest BCUT2D eigenvalue weighted by Gasteiger charge is -2.33. The van der Waals surface area contributed by atoms with Crippen molar-refractivity contribution in [3.63, 3.8) is 0 Å². The first-order valence-electron chi connectivity index (χ1n) is 11.2. The zero-order valence-corrected chi connectivity index (χ0v) is 20.9. The number of nitrogen functional groups attached to an aromatic ring is 1. The first kappa shape index (κ1) is 24.4. The highest BCUT2D eigenvalue weighted by molar-refractivity contribution is 9.10. The summed E-state index contributed by atoms with van der Waals surface area (Å²) in [5.41, 5.74) is 7.28. The molecule has 3 aromatic rings. The number of halogens is 1. The maximum atomic E-state index is 12.6. The van der Waals surface area contributed by atoms with E-state index in [1.807, 2.05) is 6.92 Å². The minimum atomic E-state index is -0.667. The van der Waals surface area contributed by atoms with Gasteiger partial charge in [-0.15, -0.1) is 5.92 Å². The molecule has 0 bridgehead atoms. The van der Waals surface area contributed by atoms with Gasteiger partial charge in [-0.2, -0.15) is 0 Å².